The van der Waals surface area contributed by atoms with E-state index in [0.717, 1.165) is 25.7 Å². The van der Waals surface area contributed by atoms with Gasteiger partial charge in [-0.2, -0.15) is 5.10 Å². The van der Waals surface area contributed by atoms with Gasteiger partial charge in [-0.25, -0.2) is 4.98 Å². The second-order valence-corrected chi connectivity index (χ2v) is 4.40. The van der Waals surface area contributed by atoms with Crippen LogP contribution in [0.3, 0.4) is 0 Å². The smallest absolute Gasteiger partial charge is 0.306 e. The predicted molar refractivity (Wildman–Crippen MR) is 61.6 cm³/mol. The normalized spacial score (nSPS) is 24.3. The Morgan fingerprint density at radius 3 is 2.59 bits per heavy atom. The lowest BCUT2D eigenvalue weighted by Gasteiger charge is -2.33. The fourth-order valence-corrected chi connectivity index (χ4v) is 2.28. The van der Waals surface area contributed by atoms with E-state index in [9.17, 15) is 4.79 Å². The van der Waals surface area contributed by atoms with Gasteiger partial charge in [0.05, 0.1) is 18.3 Å². The maximum atomic E-state index is 10.9. The zero-order valence-electron chi connectivity index (χ0n) is 9.78. The number of carbonyl (C=O) groups is 1. The van der Waals surface area contributed by atoms with Crippen LogP contribution in [0.1, 0.15) is 25.7 Å². The Morgan fingerprint density at radius 1 is 1.35 bits per heavy atom. The van der Waals surface area contributed by atoms with Crippen molar-refractivity contribution in [2.75, 3.05) is 11.9 Å². The molecule has 1 N–H and O–H groups in total. The van der Waals surface area contributed by atoms with Crippen molar-refractivity contribution in [3.8, 4) is 0 Å². The Balaban J connectivity index is 1.95. The molecule has 0 amide bonds. The number of aliphatic carboxylic acids is 1. The first kappa shape index (κ1) is 11.8. The summed E-state index contributed by atoms with van der Waals surface area (Å²) in [7, 11) is 1.93. The minimum absolute atomic E-state index is 0.186. The SMILES string of the molecule is CN(c1nccnn1)C1CCC(C(=O)O)CC1. The summed E-state index contributed by atoms with van der Waals surface area (Å²) in [4.78, 5) is 17.0. The lowest BCUT2D eigenvalue weighted by Crippen LogP contribution is -2.37. The molecular formula is C11H16N4O2. The summed E-state index contributed by atoms with van der Waals surface area (Å²) in [5.41, 5.74) is 0. The van der Waals surface area contributed by atoms with Crippen LogP contribution < -0.4 is 4.90 Å². The van der Waals surface area contributed by atoms with Gasteiger partial charge in [0.2, 0.25) is 5.95 Å². The highest BCUT2D eigenvalue weighted by Gasteiger charge is 2.28. The topological polar surface area (TPSA) is 79.2 Å². The number of rotatable bonds is 3. The van der Waals surface area contributed by atoms with Gasteiger partial charge < -0.3 is 10.0 Å². The Kier molecular flexibility index (Phi) is 3.51. The van der Waals surface area contributed by atoms with Crippen LogP contribution in [0.4, 0.5) is 5.95 Å². The molecule has 6 nitrogen and oxygen atoms in total. The standard InChI is InChI=1S/C11H16N4O2/c1-15(11-12-6-7-13-14-11)9-4-2-8(3-5-9)10(16)17/h6-9H,2-5H2,1H3,(H,16,17). The molecule has 17 heavy (non-hydrogen) atoms. The quantitative estimate of drug-likeness (QED) is 0.841. The van der Waals surface area contributed by atoms with Crippen molar-refractivity contribution in [1.82, 2.24) is 15.2 Å². The Morgan fingerprint density at radius 2 is 2.06 bits per heavy atom. The summed E-state index contributed by atoms with van der Waals surface area (Å²) < 4.78 is 0. The Labute approximate surface area is 99.7 Å². The molecule has 1 fully saturated rings. The fraction of sp³-hybridized carbons (Fsp3) is 0.636. The van der Waals surface area contributed by atoms with Gasteiger partial charge in [-0.1, -0.05) is 0 Å². The molecule has 1 aromatic rings. The van der Waals surface area contributed by atoms with Crippen molar-refractivity contribution in [3.63, 3.8) is 0 Å². The molecule has 1 aromatic heterocycles. The number of hydrogen-bond acceptors (Lipinski definition) is 5. The van der Waals surface area contributed by atoms with Crippen molar-refractivity contribution in [2.24, 2.45) is 5.92 Å². The van der Waals surface area contributed by atoms with E-state index in [1.165, 1.54) is 0 Å². The van der Waals surface area contributed by atoms with Crippen LogP contribution in [0.2, 0.25) is 0 Å². The van der Waals surface area contributed by atoms with Crippen LogP contribution >= 0.6 is 0 Å². The summed E-state index contributed by atoms with van der Waals surface area (Å²) in [5, 5.41) is 16.7. The highest BCUT2D eigenvalue weighted by atomic mass is 16.4. The van der Waals surface area contributed by atoms with Crippen molar-refractivity contribution in [1.29, 1.82) is 0 Å². The molecule has 6 heteroatoms. The van der Waals surface area contributed by atoms with Gasteiger partial charge >= 0.3 is 5.97 Å². The Bertz CT molecular complexity index is 376. The highest BCUT2D eigenvalue weighted by molar-refractivity contribution is 5.70. The minimum atomic E-state index is -0.677. The van der Waals surface area contributed by atoms with Crippen molar-refractivity contribution in [2.45, 2.75) is 31.7 Å². The molecule has 0 aromatic carbocycles. The van der Waals surface area contributed by atoms with E-state index in [-0.39, 0.29) is 5.92 Å². The number of aromatic nitrogens is 3. The third kappa shape index (κ3) is 2.69. The fourth-order valence-electron chi connectivity index (χ4n) is 2.28. The monoisotopic (exact) mass is 236 g/mol. The molecular weight excluding hydrogens is 220 g/mol. The van der Waals surface area contributed by atoms with E-state index in [1.807, 2.05) is 11.9 Å². The summed E-state index contributed by atoms with van der Waals surface area (Å²) >= 11 is 0. The molecule has 1 aliphatic rings. The second-order valence-electron chi connectivity index (χ2n) is 4.40. The third-order valence-electron chi connectivity index (χ3n) is 3.38. The van der Waals surface area contributed by atoms with Crippen LogP contribution in [-0.2, 0) is 4.79 Å². The van der Waals surface area contributed by atoms with Gasteiger partial charge in [-0.15, -0.1) is 5.10 Å². The lowest BCUT2D eigenvalue weighted by molar-refractivity contribution is -0.142. The lowest BCUT2D eigenvalue weighted by atomic mass is 9.85. The van der Waals surface area contributed by atoms with Crippen LogP contribution in [0.25, 0.3) is 0 Å². The van der Waals surface area contributed by atoms with Crippen LogP contribution in [-0.4, -0.2) is 39.3 Å². The molecule has 0 spiro atoms. The zero-order valence-corrected chi connectivity index (χ0v) is 9.78. The number of carboxylic acids is 1. The van der Waals surface area contributed by atoms with E-state index in [1.54, 1.807) is 12.4 Å². The van der Waals surface area contributed by atoms with Crippen molar-refractivity contribution in [3.05, 3.63) is 12.4 Å². The minimum Gasteiger partial charge on any atom is -0.481 e. The molecule has 2 rings (SSSR count). The molecule has 0 unspecified atom stereocenters. The molecule has 0 bridgehead atoms. The first-order chi connectivity index (χ1) is 8.18. The molecule has 0 aliphatic heterocycles. The number of anilines is 1. The Hall–Kier alpha value is -1.72. The predicted octanol–water partition coefficient (Wildman–Crippen LogP) is 0.951. The largest absolute Gasteiger partial charge is 0.481 e. The number of nitrogens with zero attached hydrogens (tertiary/aromatic N) is 4. The molecule has 0 atom stereocenters. The molecule has 0 radical (unpaired) electrons. The maximum absolute atomic E-state index is 10.9. The molecule has 1 aliphatic carbocycles. The summed E-state index contributed by atoms with van der Waals surface area (Å²) in [6.07, 6.45) is 6.34. The highest BCUT2D eigenvalue weighted by Crippen LogP contribution is 2.28. The first-order valence-electron chi connectivity index (χ1n) is 5.78. The zero-order chi connectivity index (χ0) is 12.3. The van der Waals surface area contributed by atoms with E-state index >= 15 is 0 Å². The van der Waals surface area contributed by atoms with E-state index in [2.05, 4.69) is 15.2 Å². The van der Waals surface area contributed by atoms with Gasteiger partial charge in [0.25, 0.3) is 0 Å². The van der Waals surface area contributed by atoms with E-state index in [4.69, 9.17) is 5.11 Å². The average Bonchev–Trinajstić information content (AvgIpc) is 2.39. The molecule has 0 saturated heterocycles. The van der Waals surface area contributed by atoms with Crippen LogP contribution in [0.5, 0.6) is 0 Å². The van der Waals surface area contributed by atoms with E-state index in [0.29, 0.717) is 12.0 Å². The molecule has 92 valence electrons. The summed E-state index contributed by atoms with van der Waals surface area (Å²) in [6, 6.07) is 0.315. The van der Waals surface area contributed by atoms with Gasteiger partial charge in [-0.3, -0.25) is 4.79 Å². The summed E-state index contributed by atoms with van der Waals surface area (Å²) in [6.45, 7) is 0. The molecule has 1 saturated carbocycles. The van der Waals surface area contributed by atoms with Crippen molar-refractivity contribution >= 4 is 11.9 Å². The van der Waals surface area contributed by atoms with Gasteiger partial charge in [-0.05, 0) is 25.7 Å². The van der Waals surface area contributed by atoms with Gasteiger partial charge in [0, 0.05) is 13.1 Å². The van der Waals surface area contributed by atoms with Crippen LogP contribution in [0.15, 0.2) is 12.4 Å². The number of carboxylic acid groups (broad SMARTS) is 1. The third-order valence-corrected chi connectivity index (χ3v) is 3.38. The number of hydrogen-bond donors (Lipinski definition) is 1. The van der Waals surface area contributed by atoms with E-state index < -0.39 is 5.97 Å². The van der Waals surface area contributed by atoms with Gasteiger partial charge in [0.15, 0.2) is 0 Å². The first-order valence-corrected chi connectivity index (χ1v) is 5.78. The van der Waals surface area contributed by atoms with Gasteiger partial charge in [0.1, 0.15) is 0 Å². The average molecular weight is 236 g/mol. The van der Waals surface area contributed by atoms with Crippen LogP contribution in [0, 0.1) is 5.92 Å². The molecule has 1 heterocycles. The van der Waals surface area contributed by atoms with Crippen molar-refractivity contribution < 1.29 is 9.90 Å². The summed E-state index contributed by atoms with van der Waals surface area (Å²) in [5.74, 6) is -0.260. The maximum Gasteiger partial charge on any atom is 0.306 e. The second kappa shape index (κ2) is 5.07.